The van der Waals surface area contributed by atoms with Crippen LogP contribution in [-0.2, 0) is 12.8 Å². The Morgan fingerprint density at radius 1 is 1.33 bits per heavy atom. The summed E-state index contributed by atoms with van der Waals surface area (Å²) < 4.78 is 5.49. The molecule has 1 N–H and O–H groups in total. The third kappa shape index (κ3) is 3.36. The van der Waals surface area contributed by atoms with Crippen molar-refractivity contribution in [2.24, 2.45) is 0 Å². The van der Waals surface area contributed by atoms with E-state index in [0.717, 1.165) is 36.0 Å². The standard InChI is InChI=1S/C16H15NO3S/c18-16(19)13-3-6-17-15(10-13)21-8-5-11-1-2-14-12(9-11)4-7-20-14/h1-3,6,9-10H,4-5,7-8H2,(H,18,19). The largest absolute Gasteiger partial charge is 0.493 e. The summed E-state index contributed by atoms with van der Waals surface area (Å²) in [4.78, 5) is 15.1. The van der Waals surface area contributed by atoms with Crippen LogP contribution in [0.15, 0.2) is 41.6 Å². The third-order valence-corrected chi connectivity index (χ3v) is 4.30. The van der Waals surface area contributed by atoms with E-state index < -0.39 is 5.97 Å². The number of pyridine rings is 1. The Morgan fingerprint density at radius 3 is 3.10 bits per heavy atom. The van der Waals surface area contributed by atoms with Crippen molar-refractivity contribution in [1.82, 2.24) is 4.98 Å². The van der Waals surface area contributed by atoms with Crippen LogP contribution in [0.2, 0.25) is 0 Å². The molecule has 0 atom stereocenters. The topological polar surface area (TPSA) is 59.4 Å². The lowest BCUT2D eigenvalue weighted by Gasteiger charge is -2.05. The Labute approximate surface area is 127 Å². The molecule has 0 amide bonds. The van der Waals surface area contributed by atoms with Crippen LogP contribution in [0.1, 0.15) is 21.5 Å². The summed E-state index contributed by atoms with van der Waals surface area (Å²) in [5, 5.41) is 9.70. The molecule has 4 nitrogen and oxygen atoms in total. The van der Waals surface area contributed by atoms with Crippen LogP contribution in [0, 0.1) is 0 Å². The molecule has 3 rings (SSSR count). The molecule has 1 aromatic heterocycles. The highest BCUT2D eigenvalue weighted by Crippen LogP contribution is 2.27. The van der Waals surface area contributed by atoms with Crippen molar-refractivity contribution in [1.29, 1.82) is 0 Å². The monoisotopic (exact) mass is 301 g/mol. The molecule has 2 heterocycles. The zero-order valence-electron chi connectivity index (χ0n) is 11.4. The Bertz CT molecular complexity index is 672. The van der Waals surface area contributed by atoms with Gasteiger partial charge in [-0.15, -0.1) is 11.8 Å². The quantitative estimate of drug-likeness (QED) is 0.860. The van der Waals surface area contributed by atoms with Gasteiger partial charge in [-0.05, 0) is 35.7 Å². The van der Waals surface area contributed by atoms with Crippen molar-refractivity contribution in [2.75, 3.05) is 12.4 Å². The van der Waals surface area contributed by atoms with E-state index in [4.69, 9.17) is 9.84 Å². The van der Waals surface area contributed by atoms with Crippen LogP contribution in [0.4, 0.5) is 0 Å². The van der Waals surface area contributed by atoms with E-state index >= 15 is 0 Å². The average Bonchev–Trinajstić information content (AvgIpc) is 2.95. The van der Waals surface area contributed by atoms with Gasteiger partial charge in [0.15, 0.2) is 0 Å². The molecular weight excluding hydrogens is 286 g/mol. The first kappa shape index (κ1) is 13.9. The van der Waals surface area contributed by atoms with Crippen molar-refractivity contribution in [3.8, 4) is 5.75 Å². The second kappa shape index (κ2) is 6.18. The molecule has 2 aromatic rings. The minimum atomic E-state index is -0.919. The molecule has 0 aliphatic carbocycles. The van der Waals surface area contributed by atoms with Gasteiger partial charge in [0.05, 0.1) is 17.2 Å². The number of rotatable bonds is 5. The van der Waals surface area contributed by atoms with E-state index in [1.807, 2.05) is 6.07 Å². The second-order valence-corrected chi connectivity index (χ2v) is 5.94. The molecule has 108 valence electrons. The Hall–Kier alpha value is -2.01. The van der Waals surface area contributed by atoms with Crippen LogP contribution in [0.25, 0.3) is 0 Å². The first-order chi connectivity index (χ1) is 10.2. The van der Waals surface area contributed by atoms with E-state index in [-0.39, 0.29) is 5.56 Å². The van der Waals surface area contributed by atoms with Crippen LogP contribution in [0.3, 0.4) is 0 Å². The first-order valence-corrected chi connectivity index (χ1v) is 7.78. The number of hydrogen-bond donors (Lipinski definition) is 1. The summed E-state index contributed by atoms with van der Waals surface area (Å²) in [6, 6.07) is 9.44. The van der Waals surface area contributed by atoms with Crippen molar-refractivity contribution >= 4 is 17.7 Å². The molecule has 0 fully saturated rings. The Balaban J connectivity index is 1.59. The molecule has 21 heavy (non-hydrogen) atoms. The van der Waals surface area contributed by atoms with E-state index in [0.29, 0.717) is 0 Å². The molecular formula is C16H15NO3S. The highest BCUT2D eigenvalue weighted by atomic mass is 32.2. The van der Waals surface area contributed by atoms with E-state index in [1.165, 1.54) is 17.2 Å². The number of aromatic nitrogens is 1. The predicted octanol–water partition coefficient (Wildman–Crippen LogP) is 3.05. The number of nitrogens with zero attached hydrogens (tertiary/aromatic N) is 1. The average molecular weight is 301 g/mol. The zero-order valence-corrected chi connectivity index (χ0v) is 12.2. The van der Waals surface area contributed by atoms with E-state index in [1.54, 1.807) is 24.0 Å². The van der Waals surface area contributed by atoms with Gasteiger partial charge < -0.3 is 9.84 Å². The smallest absolute Gasteiger partial charge is 0.335 e. The van der Waals surface area contributed by atoms with Gasteiger partial charge in [0, 0.05) is 18.4 Å². The van der Waals surface area contributed by atoms with Gasteiger partial charge >= 0.3 is 5.97 Å². The van der Waals surface area contributed by atoms with Gasteiger partial charge in [0.2, 0.25) is 0 Å². The maximum absolute atomic E-state index is 10.9. The summed E-state index contributed by atoms with van der Waals surface area (Å²) in [6.07, 6.45) is 3.45. The molecule has 1 aliphatic rings. The van der Waals surface area contributed by atoms with Gasteiger partial charge in [0.25, 0.3) is 0 Å². The molecule has 0 unspecified atom stereocenters. The number of carboxylic acids is 1. The van der Waals surface area contributed by atoms with Gasteiger partial charge in [-0.25, -0.2) is 9.78 Å². The van der Waals surface area contributed by atoms with E-state index in [9.17, 15) is 4.79 Å². The fourth-order valence-corrected chi connectivity index (χ4v) is 3.18. The lowest BCUT2D eigenvalue weighted by molar-refractivity contribution is 0.0696. The normalized spacial score (nSPS) is 12.8. The minimum absolute atomic E-state index is 0.280. The number of thioether (sulfide) groups is 1. The number of ether oxygens (including phenoxy) is 1. The third-order valence-electron chi connectivity index (χ3n) is 3.38. The Morgan fingerprint density at radius 2 is 2.24 bits per heavy atom. The fourth-order valence-electron chi connectivity index (χ4n) is 2.29. The molecule has 0 saturated carbocycles. The van der Waals surface area contributed by atoms with Crippen LogP contribution < -0.4 is 4.74 Å². The molecule has 1 aliphatic heterocycles. The molecule has 0 spiro atoms. The van der Waals surface area contributed by atoms with E-state index in [2.05, 4.69) is 17.1 Å². The number of carboxylic acid groups (broad SMARTS) is 1. The van der Waals surface area contributed by atoms with Gasteiger partial charge in [-0.2, -0.15) is 0 Å². The van der Waals surface area contributed by atoms with Gasteiger partial charge in [-0.3, -0.25) is 0 Å². The minimum Gasteiger partial charge on any atom is -0.493 e. The van der Waals surface area contributed by atoms with Crippen LogP contribution in [-0.4, -0.2) is 28.4 Å². The SMILES string of the molecule is O=C(O)c1ccnc(SCCc2ccc3c(c2)CCO3)c1. The number of aromatic carboxylic acids is 1. The second-order valence-electron chi connectivity index (χ2n) is 4.83. The summed E-state index contributed by atoms with van der Waals surface area (Å²) >= 11 is 1.57. The number of hydrogen-bond acceptors (Lipinski definition) is 4. The Kier molecular flexibility index (Phi) is 4.10. The summed E-state index contributed by atoms with van der Waals surface area (Å²) in [6.45, 7) is 0.777. The first-order valence-electron chi connectivity index (χ1n) is 6.79. The van der Waals surface area contributed by atoms with Crippen molar-refractivity contribution < 1.29 is 14.6 Å². The number of benzene rings is 1. The molecule has 0 saturated heterocycles. The van der Waals surface area contributed by atoms with Crippen molar-refractivity contribution in [3.63, 3.8) is 0 Å². The summed E-state index contributed by atoms with van der Waals surface area (Å²) in [5.41, 5.74) is 2.84. The molecule has 1 aromatic carbocycles. The van der Waals surface area contributed by atoms with Gasteiger partial charge in [-0.1, -0.05) is 12.1 Å². The number of aryl methyl sites for hydroxylation is 1. The van der Waals surface area contributed by atoms with Gasteiger partial charge in [0.1, 0.15) is 5.75 Å². The van der Waals surface area contributed by atoms with Crippen molar-refractivity contribution in [3.05, 3.63) is 53.2 Å². The molecule has 0 bridgehead atoms. The zero-order chi connectivity index (χ0) is 14.7. The molecule has 5 heteroatoms. The van der Waals surface area contributed by atoms with Crippen molar-refractivity contribution in [2.45, 2.75) is 17.9 Å². The highest BCUT2D eigenvalue weighted by Gasteiger charge is 2.12. The summed E-state index contributed by atoms with van der Waals surface area (Å²) in [5.74, 6) is 0.954. The number of carbonyl (C=O) groups is 1. The summed E-state index contributed by atoms with van der Waals surface area (Å²) in [7, 11) is 0. The van der Waals surface area contributed by atoms with Crippen LogP contribution in [0.5, 0.6) is 5.75 Å². The predicted molar refractivity (Wildman–Crippen MR) is 81.3 cm³/mol. The highest BCUT2D eigenvalue weighted by molar-refractivity contribution is 7.99. The molecule has 0 radical (unpaired) electrons. The number of fused-ring (bicyclic) bond motifs is 1. The fraction of sp³-hybridized carbons (Fsp3) is 0.250. The lowest BCUT2D eigenvalue weighted by atomic mass is 10.1. The van der Waals surface area contributed by atoms with Crippen LogP contribution >= 0.6 is 11.8 Å². The maximum atomic E-state index is 10.9. The maximum Gasteiger partial charge on any atom is 0.335 e. The lowest BCUT2D eigenvalue weighted by Crippen LogP contribution is -1.97.